The molecule has 2 aromatic rings. The first-order chi connectivity index (χ1) is 9.13. The maximum atomic E-state index is 9.17. The second-order valence-electron chi connectivity index (χ2n) is 4.23. The van der Waals surface area contributed by atoms with Gasteiger partial charge in [0.05, 0.1) is 22.9 Å². The van der Waals surface area contributed by atoms with Crippen molar-refractivity contribution in [2.24, 2.45) is 0 Å². The first-order valence-electron chi connectivity index (χ1n) is 5.79. The Kier molecular flexibility index (Phi) is 3.45. The normalized spacial score (nSPS) is 9.47. The fourth-order valence-electron chi connectivity index (χ4n) is 1.86. The van der Waals surface area contributed by atoms with Crippen molar-refractivity contribution in [1.82, 2.24) is 4.98 Å². The number of aromatic nitrogens is 1. The number of nitriles is 2. The zero-order valence-electron chi connectivity index (χ0n) is 10.7. The number of rotatable bonds is 2. The second kappa shape index (κ2) is 5.20. The molecule has 1 aromatic heterocycles. The molecule has 0 aliphatic carbocycles. The van der Waals surface area contributed by atoms with Crippen LogP contribution in [0.15, 0.2) is 30.3 Å². The Bertz CT molecular complexity index is 705. The Balaban J connectivity index is 2.43. The van der Waals surface area contributed by atoms with Crippen molar-refractivity contribution >= 4 is 11.5 Å². The number of hydrogen-bond donors (Lipinski definition) is 1. The molecule has 92 valence electrons. The van der Waals surface area contributed by atoms with Crippen molar-refractivity contribution in [2.75, 3.05) is 5.32 Å². The predicted molar refractivity (Wildman–Crippen MR) is 72.9 cm³/mol. The minimum absolute atomic E-state index is 0.543. The van der Waals surface area contributed by atoms with E-state index < -0.39 is 0 Å². The van der Waals surface area contributed by atoms with E-state index in [1.54, 1.807) is 12.1 Å². The van der Waals surface area contributed by atoms with E-state index in [2.05, 4.69) is 22.4 Å². The number of hydrogen-bond acceptors (Lipinski definition) is 4. The number of nitrogens with zero attached hydrogens (tertiary/aromatic N) is 3. The van der Waals surface area contributed by atoms with Crippen molar-refractivity contribution in [2.45, 2.75) is 13.8 Å². The van der Waals surface area contributed by atoms with Gasteiger partial charge < -0.3 is 5.32 Å². The molecule has 0 atom stereocenters. The number of nitrogens with one attached hydrogen (secondary N) is 1. The maximum absolute atomic E-state index is 9.17. The van der Waals surface area contributed by atoms with Gasteiger partial charge in [0.1, 0.15) is 11.9 Å². The standard InChI is InChI=1S/C15H12N4/c1-10-4-3-5-14(13(10)9-17)19-15-7-12(8-16)6-11(2)18-15/h3-7H,1-2H3,(H,18,19). The highest BCUT2D eigenvalue weighted by Crippen LogP contribution is 2.22. The fourth-order valence-corrected chi connectivity index (χ4v) is 1.86. The highest BCUT2D eigenvalue weighted by Gasteiger charge is 2.06. The predicted octanol–water partition coefficient (Wildman–Crippen LogP) is 3.19. The maximum Gasteiger partial charge on any atom is 0.131 e. The van der Waals surface area contributed by atoms with E-state index in [-0.39, 0.29) is 0 Å². The molecular weight excluding hydrogens is 236 g/mol. The lowest BCUT2D eigenvalue weighted by atomic mass is 10.1. The Morgan fingerprint density at radius 2 is 1.89 bits per heavy atom. The molecule has 19 heavy (non-hydrogen) atoms. The number of anilines is 2. The van der Waals surface area contributed by atoms with E-state index in [1.807, 2.05) is 32.0 Å². The van der Waals surface area contributed by atoms with Gasteiger partial charge in [-0.2, -0.15) is 10.5 Å². The van der Waals surface area contributed by atoms with Crippen LogP contribution in [0.3, 0.4) is 0 Å². The molecule has 0 fully saturated rings. The van der Waals surface area contributed by atoms with Crippen LogP contribution in [-0.2, 0) is 0 Å². The summed E-state index contributed by atoms with van der Waals surface area (Å²) in [5, 5.41) is 21.2. The van der Waals surface area contributed by atoms with Gasteiger partial charge in [0.2, 0.25) is 0 Å². The molecule has 1 aromatic carbocycles. The summed E-state index contributed by atoms with van der Waals surface area (Å²) >= 11 is 0. The summed E-state index contributed by atoms with van der Waals surface area (Å²) in [4.78, 5) is 4.31. The van der Waals surface area contributed by atoms with E-state index in [9.17, 15) is 0 Å². The molecule has 1 N–H and O–H groups in total. The number of pyridine rings is 1. The Morgan fingerprint density at radius 3 is 2.58 bits per heavy atom. The lowest BCUT2D eigenvalue weighted by Gasteiger charge is -2.10. The molecule has 0 saturated carbocycles. The third-order valence-corrected chi connectivity index (χ3v) is 2.73. The molecule has 0 amide bonds. The summed E-state index contributed by atoms with van der Waals surface area (Å²) in [7, 11) is 0. The highest BCUT2D eigenvalue weighted by molar-refractivity contribution is 5.67. The van der Waals surface area contributed by atoms with E-state index in [4.69, 9.17) is 10.5 Å². The zero-order valence-corrected chi connectivity index (χ0v) is 10.7. The first-order valence-corrected chi connectivity index (χ1v) is 5.79. The van der Waals surface area contributed by atoms with Crippen LogP contribution < -0.4 is 5.32 Å². The summed E-state index contributed by atoms with van der Waals surface area (Å²) in [5.41, 5.74) is 3.49. The lowest BCUT2D eigenvalue weighted by molar-refractivity contribution is 1.19. The Morgan fingerprint density at radius 1 is 1.11 bits per heavy atom. The SMILES string of the molecule is Cc1cc(C#N)cc(Nc2cccc(C)c2C#N)n1. The largest absolute Gasteiger partial charge is 0.339 e. The Hall–Kier alpha value is -2.85. The van der Waals surface area contributed by atoms with Gasteiger partial charge in [-0.05, 0) is 37.6 Å². The second-order valence-corrected chi connectivity index (χ2v) is 4.23. The average Bonchev–Trinajstić information content (AvgIpc) is 2.38. The molecule has 0 spiro atoms. The van der Waals surface area contributed by atoms with Crippen LogP contribution in [0.5, 0.6) is 0 Å². The molecule has 0 saturated heterocycles. The summed E-state index contributed by atoms with van der Waals surface area (Å²) in [6.07, 6.45) is 0. The van der Waals surface area contributed by atoms with Crippen molar-refractivity contribution < 1.29 is 0 Å². The van der Waals surface area contributed by atoms with Crippen LogP contribution in [0.25, 0.3) is 0 Å². The minimum atomic E-state index is 0.543. The van der Waals surface area contributed by atoms with Crippen molar-refractivity contribution in [3.8, 4) is 12.1 Å². The molecule has 0 aliphatic rings. The number of benzene rings is 1. The molecule has 4 heteroatoms. The summed E-state index contributed by atoms with van der Waals surface area (Å²) in [6, 6.07) is 13.2. The van der Waals surface area contributed by atoms with Crippen LogP contribution in [-0.4, -0.2) is 4.98 Å². The number of aryl methyl sites for hydroxylation is 2. The quantitative estimate of drug-likeness (QED) is 0.885. The van der Waals surface area contributed by atoms with E-state index in [0.29, 0.717) is 22.6 Å². The van der Waals surface area contributed by atoms with E-state index in [0.717, 1.165) is 11.3 Å². The van der Waals surface area contributed by atoms with Crippen LogP contribution >= 0.6 is 0 Å². The van der Waals surface area contributed by atoms with Crippen molar-refractivity contribution in [1.29, 1.82) is 10.5 Å². The van der Waals surface area contributed by atoms with E-state index >= 15 is 0 Å². The monoisotopic (exact) mass is 248 g/mol. The van der Waals surface area contributed by atoms with Crippen LogP contribution in [0.1, 0.15) is 22.4 Å². The van der Waals surface area contributed by atoms with Crippen LogP contribution in [0, 0.1) is 36.5 Å². The zero-order chi connectivity index (χ0) is 13.8. The first kappa shape index (κ1) is 12.6. The third-order valence-electron chi connectivity index (χ3n) is 2.73. The van der Waals surface area contributed by atoms with Gasteiger partial charge in [-0.25, -0.2) is 4.98 Å². The smallest absolute Gasteiger partial charge is 0.131 e. The van der Waals surface area contributed by atoms with Gasteiger partial charge in [0.15, 0.2) is 0 Å². The van der Waals surface area contributed by atoms with Gasteiger partial charge in [-0.1, -0.05) is 12.1 Å². The van der Waals surface area contributed by atoms with Crippen molar-refractivity contribution in [3.63, 3.8) is 0 Å². The van der Waals surface area contributed by atoms with Gasteiger partial charge in [-0.15, -0.1) is 0 Å². The molecular formula is C15H12N4. The highest BCUT2D eigenvalue weighted by atomic mass is 15.0. The van der Waals surface area contributed by atoms with Gasteiger partial charge in [0, 0.05) is 5.69 Å². The third kappa shape index (κ3) is 2.70. The molecule has 0 bridgehead atoms. The average molecular weight is 248 g/mol. The molecule has 2 rings (SSSR count). The van der Waals surface area contributed by atoms with Gasteiger partial charge in [0.25, 0.3) is 0 Å². The Labute approximate surface area is 112 Å². The molecule has 0 radical (unpaired) electrons. The van der Waals surface area contributed by atoms with Crippen LogP contribution in [0.4, 0.5) is 11.5 Å². The summed E-state index contributed by atoms with van der Waals surface area (Å²) in [5.74, 6) is 0.568. The van der Waals surface area contributed by atoms with Gasteiger partial charge in [-0.3, -0.25) is 0 Å². The van der Waals surface area contributed by atoms with Crippen LogP contribution in [0.2, 0.25) is 0 Å². The van der Waals surface area contributed by atoms with Crippen molar-refractivity contribution in [3.05, 3.63) is 52.7 Å². The molecule has 0 aliphatic heterocycles. The minimum Gasteiger partial charge on any atom is -0.339 e. The molecule has 0 unspecified atom stereocenters. The summed E-state index contributed by atoms with van der Waals surface area (Å²) in [6.45, 7) is 3.71. The fraction of sp³-hybridized carbons (Fsp3) is 0.133. The summed E-state index contributed by atoms with van der Waals surface area (Å²) < 4.78 is 0. The van der Waals surface area contributed by atoms with Gasteiger partial charge >= 0.3 is 0 Å². The van der Waals surface area contributed by atoms with E-state index in [1.165, 1.54) is 0 Å². The topological polar surface area (TPSA) is 72.5 Å². The lowest BCUT2D eigenvalue weighted by Crippen LogP contribution is -1.99. The molecule has 1 heterocycles. The molecule has 4 nitrogen and oxygen atoms in total.